The SMILES string of the molecule is CN1C[C@H]2C[C@H](N(C)C(=O)Nc3cc(Oc4cc(F)c(NC(=O)c5cccn(-c6ccc(F)cc6)c5=O)cc4F)ccn3)C[C@H]2C1. The fourth-order valence-electron chi connectivity index (χ4n) is 6.22. The van der Waals surface area contributed by atoms with Crippen molar-refractivity contribution in [2.24, 2.45) is 11.8 Å². The van der Waals surface area contributed by atoms with Crippen LogP contribution >= 0.6 is 0 Å². The average molecular weight is 633 g/mol. The Morgan fingerprint density at radius 2 is 1.67 bits per heavy atom. The third kappa shape index (κ3) is 6.45. The van der Waals surface area contributed by atoms with Crippen molar-refractivity contribution >= 4 is 23.4 Å². The number of rotatable bonds is 7. The summed E-state index contributed by atoms with van der Waals surface area (Å²) in [5.74, 6) is -2.53. The number of carbonyl (C=O) groups excluding carboxylic acids is 2. The van der Waals surface area contributed by atoms with Gasteiger partial charge in [0.15, 0.2) is 17.4 Å². The van der Waals surface area contributed by atoms with Crippen LogP contribution in [-0.2, 0) is 0 Å². The van der Waals surface area contributed by atoms with E-state index in [4.69, 9.17) is 4.74 Å². The second-order valence-electron chi connectivity index (χ2n) is 11.7. The zero-order valence-corrected chi connectivity index (χ0v) is 25.0. The minimum Gasteiger partial charge on any atom is -0.454 e. The van der Waals surface area contributed by atoms with E-state index in [0.29, 0.717) is 17.5 Å². The average Bonchev–Trinajstić information content (AvgIpc) is 3.57. The zero-order chi connectivity index (χ0) is 32.5. The summed E-state index contributed by atoms with van der Waals surface area (Å²) in [6.07, 6.45) is 4.64. The highest BCUT2D eigenvalue weighted by Gasteiger charge is 2.42. The molecule has 1 aliphatic carbocycles. The molecule has 1 aliphatic heterocycles. The molecular formula is C33H31F3N6O4. The van der Waals surface area contributed by atoms with Crippen molar-refractivity contribution in [2.75, 3.05) is 37.8 Å². The molecule has 3 atom stereocenters. The van der Waals surface area contributed by atoms with Gasteiger partial charge in [-0.3, -0.25) is 19.5 Å². The van der Waals surface area contributed by atoms with Crippen molar-refractivity contribution < 1.29 is 27.5 Å². The fourth-order valence-corrected chi connectivity index (χ4v) is 6.22. The lowest BCUT2D eigenvalue weighted by molar-refractivity contribution is 0.102. The number of fused-ring (bicyclic) bond motifs is 1. The molecule has 2 aromatic carbocycles. The summed E-state index contributed by atoms with van der Waals surface area (Å²) in [5, 5.41) is 4.96. The normalized spacial score (nSPS) is 19.0. The van der Waals surface area contributed by atoms with E-state index in [0.717, 1.165) is 54.8 Å². The number of nitrogens with zero attached hydrogens (tertiary/aromatic N) is 4. The number of nitrogens with one attached hydrogen (secondary N) is 2. The van der Waals surface area contributed by atoms with Gasteiger partial charge in [0.2, 0.25) is 0 Å². The van der Waals surface area contributed by atoms with Crippen molar-refractivity contribution in [3.63, 3.8) is 0 Å². The molecule has 0 spiro atoms. The first-order chi connectivity index (χ1) is 22.0. The molecule has 4 aromatic rings. The summed E-state index contributed by atoms with van der Waals surface area (Å²) in [7, 11) is 3.86. The molecule has 2 fully saturated rings. The van der Waals surface area contributed by atoms with E-state index in [1.165, 1.54) is 48.8 Å². The number of ether oxygens (including phenoxy) is 1. The molecular weight excluding hydrogens is 601 g/mol. The molecule has 10 nitrogen and oxygen atoms in total. The number of hydrogen-bond acceptors (Lipinski definition) is 6. The van der Waals surface area contributed by atoms with Gasteiger partial charge in [-0.25, -0.2) is 22.9 Å². The maximum absolute atomic E-state index is 15.0. The van der Waals surface area contributed by atoms with Gasteiger partial charge >= 0.3 is 6.03 Å². The number of halogens is 3. The highest BCUT2D eigenvalue weighted by atomic mass is 19.1. The number of anilines is 2. The molecule has 2 N–H and O–H groups in total. The summed E-state index contributed by atoms with van der Waals surface area (Å²) in [4.78, 5) is 46.9. The largest absolute Gasteiger partial charge is 0.454 e. The van der Waals surface area contributed by atoms with Gasteiger partial charge in [0.1, 0.15) is 22.9 Å². The van der Waals surface area contributed by atoms with Gasteiger partial charge in [0, 0.05) is 62.5 Å². The number of amides is 3. The van der Waals surface area contributed by atoms with Crippen molar-refractivity contribution in [3.05, 3.63) is 106 Å². The zero-order valence-electron chi connectivity index (χ0n) is 25.0. The van der Waals surface area contributed by atoms with E-state index in [9.17, 15) is 18.8 Å². The number of benzene rings is 2. The van der Waals surface area contributed by atoms with Gasteiger partial charge in [-0.1, -0.05) is 0 Å². The number of pyridine rings is 2. The second-order valence-corrected chi connectivity index (χ2v) is 11.7. The lowest BCUT2D eigenvalue weighted by Crippen LogP contribution is -2.39. The minimum atomic E-state index is -1.02. The molecule has 1 saturated carbocycles. The first kappa shape index (κ1) is 30.8. The van der Waals surface area contributed by atoms with Crippen LogP contribution in [0.1, 0.15) is 23.2 Å². The van der Waals surface area contributed by atoms with Crippen LogP contribution in [-0.4, -0.2) is 64.5 Å². The molecule has 13 heteroatoms. The Morgan fingerprint density at radius 3 is 2.39 bits per heavy atom. The van der Waals surface area contributed by atoms with Crippen LogP contribution in [0.25, 0.3) is 5.69 Å². The van der Waals surface area contributed by atoms with Crippen molar-refractivity contribution in [2.45, 2.75) is 18.9 Å². The van der Waals surface area contributed by atoms with E-state index in [2.05, 4.69) is 27.6 Å². The van der Waals surface area contributed by atoms with Crippen LogP contribution < -0.4 is 20.9 Å². The Kier molecular flexibility index (Phi) is 8.50. The van der Waals surface area contributed by atoms with Crippen LogP contribution in [0, 0.1) is 29.3 Å². The molecule has 6 rings (SSSR count). The Hall–Kier alpha value is -5.17. The summed E-state index contributed by atoms with van der Waals surface area (Å²) in [6, 6.07) is 11.8. The van der Waals surface area contributed by atoms with E-state index < -0.39 is 40.4 Å². The van der Waals surface area contributed by atoms with Gasteiger partial charge in [-0.05, 0) is 74.2 Å². The number of aromatic nitrogens is 2. The van der Waals surface area contributed by atoms with Gasteiger partial charge < -0.3 is 19.9 Å². The molecule has 46 heavy (non-hydrogen) atoms. The lowest BCUT2D eigenvalue weighted by atomic mass is 10.0. The Morgan fingerprint density at radius 1 is 0.957 bits per heavy atom. The first-order valence-corrected chi connectivity index (χ1v) is 14.7. The standard InChI is InChI=1S/C33H31F3N6O4/c1-40-17-19-12-23(13-20(19)18-40)41(2)33(45)39-30-14-24(9-10-37-30)46-29-16-26(35)28(15-27(29)36)38-31(43)25-4-3-11-42(32(25)44)22-7-5-21(34)6-8-22/h3-11,14-16,19-20,23H,12-13,17-18H2,1-2H3,(H,38,43)(H,37,39,45)/t19-,20+,23+. The molecule has 2 aliphatic rings. The van der Waals surface area contributed by atoms with Gasteiger partial charge in [0.05, 0.1) is 5.69 Å². The Bertz CT molecular complexity index is 1840. The Balaban J connectivity index is 1.11. The number of urea groups is 1. The summed E-state index contributed by atoms with van der Waals surface area (Å²) >= 11 is 0. The molecule has 0 radical (unpaired) electrons. The van der Waals surface area contributed by atoms with Crippen LogP contribution in [0.5, 0.6) is 11.5 Å². The third-order valence-corrected chi connectivity index (χ3v) is 8.54. The maximum atomic E-state index is 15.0. The van der Waals surface area contributed by atoms with Crippen LogP contribution in [0.15, 0.2) is 77.9 Å². The Labute approximate surface area is 262 Å². The summed E-state index contributed by atoms with van der Waals surface area (Å²) < 4.78 is 50.1. The van der Waals surface area contributed by atoms with E-state index >= 15 is 8.78 Å². The number of carbonyl (C=O) groups is 2. The van der Waals surface area contributed by atoms with Crippen LogP contribution in [0.3, 0.4) is 0 Å². The van der Waals surface area contributed by atoms with Crippen molar-refractivity contribution in [1.29, 1.82) is 0 Å². The van der Waals surface area contributed by atoms with Gasteiger partial charge in [0.25, 0.3) is 11.5 Å². The van der Waals surface area contributed by atoms with Crippen molar-refractivity contribution in [3.8, 4) is 17.2 Å². The van der Waals surface area contributed by atoms with Crippen LogP contribution in [0.4, 0.5) is 29.5 Å². The number of hydrogen-bond donors (Lipinski definition) is 2. The fraction of sp³-hybridized carbons (Fsp3) is 0.273. The van der Waals surface area contributed by atoms with Gasteiger partial charge in [-0.15, -0.1) is 0 Å². The quantitative estimate of drug-likeness (QED) is 0.279. The molecule has 0 bridgehead atoms. The first-order valence-electron chi connectivity index (χ1n) is 14.7. The summed E-state index contributed by atoms with van der Waals surface area (Å²) in [6.45, 7) is 2.07. The summed E-state index contributed by atoms with van der Waals surface area (Å²) in [5.41, 5.74) is -1.28. The molecule has 3 heterocycles. The molecule has 2 aromatic heterocycles. The van der Waals surface area contributed by atoms with Gasteiger partial charge in [-0.2, -0.15) is 0 Å². The highest BCUT2D eigenvalue weighted by Crippen LogP contribution is 2.39. The predicted octanol–water partition coefficient (Wildman–Crippen LogP) is 5.50. The lowest BCUT2D eigenvalue weighted by Gasteiger charge is -2.26. The molecule has 238 valence electrons. The monoisotopic (exact) mass is 632 g/mol. The van der Waals surface area contributed by atoms with E-state index in [-0.39, 0.29) is 29.2 Å². The highest BCUT2D eigenvalue weighted by molar-refractivity contribution is 6.04. The van der Waals surface area contributed by atoms with Crippen molar-refractivity contribution in [1.82, 2.24) is 19.4 Å². The van der Waals surface area contributed by atoms with E-state index in [1.54, 1.807) is 11.9 Å². The number of likely N-dealkylation sites (tertiary alicyclic amines) is 1. The molecule has 3 amide bonds. The molecule has 0 unspecified atom stereocenters. The third-order valence-electron chi connectivity index (χ3n) is 8.54. The second kappa shape index (κ2) is 12.7. The predicted molar refractivity (Wildman–Crippen MR) is 165 cm³/mol. The van der Waals surface area contributed by atoms with Crippen LogP contribution in [0.2, 0.25) is 0 Å². The minimum absolute atomic E-state index is 0.0899. The maximum Gasteiger partial charge on any atom is 0.323 e. The molecule has 1 saturated heterocycles. The smallest absolute Gasteiger partial charge is 0.323 e. The topological polar surface area (TPSA) is 109 Å². The van der Waals surface area contributed by atoms with E-state index in [1.807, 2.05) is 0 Å².